The highest BCUT2D eigenvalue weighted by Gasteiger charge is 2.16. The van der Waals surface area contributed by atoms with Crippen LogP contribution >= 0.6 is 0 Å². The van der Waals surface area contributed by atoms with Crippen molar-refractivity contribution in [3.63, 3.8) is 0 Å². The third-order valence-corrected chi connectivity index (χ3v) is 4.94. The van der Waals surface area contributed by atoms with Gasteiger partial charge < -0.3 is 4.18 Å². The first-order chi connectivity index (χ1) is 12.9. The van der Waals surface area contributed by atoms with Crippen molar-refractivity contribution in [2.75, 3.05) is 0 Å². The zero-order valence-corrected chi connectivity index (χ0v) is 14.9. The molecule has 0 aliphatic rings. The van der Waals surface area contributed by atoms with Gasteiger partial charge in [0.1, 0.15) is 16.5 Å². The van der Waals surface area contributed by atoms with Crippen molar-refractivity contribution >= 4 is 22.0 Å². The Hall–Kier alpha value is -3.25. The second kappa shape index (κ2) is 7.97. The van der Waals surface area contributed by atoms with E-state index in [-0.39, 0.29) is 16.4 Å². The van der Waals surface area contributed by atoms with Crippen molar-refractivity contribution in [3.05, 3.63) is 102 Å². The van der Waals surface area contributed by atoms with Gasteiger partial charge in [0, 0.05) is 5.56 Å². The fourth-order valence-corrected chi connectivity index (χ4v) is 3.21. The maximum atomic E-state index is 12.9. The number of hydrogen-bond donors (Lipinski definition) is 0. The summed E-state index contributed by atoms with van der Waals surface area (Å²) in [7, 11) is -4.04. The number of halogens is 1. The number of rotatable bonds is 6. The molecule has 27 heavy (non-hydrogen) atoms. The summed E-state index contributed by atoms with van der Waals surface area (Å²) in [5, 5.41) is 0. The number of allylic oxidation sites excluding steroid dienone is 1. The second-order valence-electron chi connectivity index (χ2n) is 5.62. The molecule has 0 amide bonds. The molecule has 0 bridgehead atoms. The van der Waals surface area contributed by atoms with Crippen LogP contribution in [-0.2, 0) is 10.1 Å². The molecule has 0 saturated carbocycles. The molecule has 0 fully saturated rings. The normalized spacial score (nSPS) is 11.4. The molecule has 0 radical (unpaired) electrons. The van der Waals surface area contributed by atoms with Gasteiger partial charge in [-0.15, -0.1) is 0 Å². The smallest absolute Gasteiger partial charge is 0.339 e. The number of carbonyl (C=O) groups is 1. The molecule has 0 aromatic heterocycles. The van der Waals surface area contributed by atoms with E-state index >= 15 is 0 Å². The molecule has 0 heterocycles. The number of ketones is 1. The molecule has 0 spiro atoms. The van der Waals surface area contributed by atoms with E-state index in [0.29, 0.717) is 11.1 Å². The monoisotopic (exact) mass is 382 g/mol. The van der Waals surface area contributed by atoms with E-state index in [0.717, 1.165) is 24.3 Å². The Labute approximate surface area is 156 Å². The zero-order valence-electron chi connectivity index (χ0n) is 14.1. The van der Waals surface area contributed by atoms with E-state index in [2.05, 4.69) is 0 Å². The van der Waals surface area contributed by atoms with Crippen molar-refractivity contribution in [3.8, 4) is 5.75 Å². The van der Waals surface area contributed by atoms with Crippen LogP contribution in [0.25, 0.3) is 6.08 Å². The Bertz CT molecular complexity index is 1060. The standard InChI is InChI=1S/C21H15FO4S/c22-18-9-13-20(14-10-18)27(24,25)26-19-11-6-16(7-12-19)8-15-21(23)17-4-2-1-3-5-17/h1-15H/b15-8+. The highest BCUT2D eigenvalue weighted by Crippen LogP contribution is 2.20. The lowest BCUT2D eigenvalue weighted by molar-refractivity contribution is 0.104. The molecule has 0 aliphatic carbocycles. The van der Waals surface area contributed by atoms with Crippen LogP contribution in [0.2, 0.25) is 0 Å². The summed E-state index contributed by atoms with van der Waals surface area (Å²) >= 11 is 0. The molecular formula is C21H15FO4S. The van der Waals surface area contributed by atoms with Gasteiger partial charge in [-0.2, -0.15) is 8.42 Å². The minimum absolute atomic E-state index is 0.117. The predicted octanol–water partition coefficient (Wildman–Crippen LogP) is 4.49. The van der Waals surface area contributed by atoms with Crippen LogP contribution in [0.3, 0.4) is 0 Å². The summed E-state index contributed by atoms with van der Waals surface area (Å²) in [5.41, 5.74) is 1.30. The first-order valence-corrected chi connectivity index (χ1v) is 9.42. The molecule has 6 heteroatoms. The fraction of sp³-hybridized carbons (Fsp3) is 0. The summed E-state index contributed by atoms with van der Waals surface area (Å²) in [6, 6.07) is 19.4. The third kappa shape index (κ3) is 4.89. The second-order valence-corrected chi connectivity index (χ2v) is 7.17. The van der Waals surface area contributed by atoms with Crippen molar-refractivity contribution in [1.82, 2.24) is 0 Å². The lowest BCUT2D eigenvalue weighted by Gasteiger charge is -2.07. The van der Waals surface area contributed by atoms with Crippen molar-refractivity contribution in [1.29, 1.82) is 0 Å². The molecule has 136 valence electrons. The lowest BCUT2D eigenvalue weighted by atomic mass is 10.1. The summed E-state index contributed by atoms with van der Waals surface area (Å²) < 4.78 is 42.3. The summed E-state index contributed by atoms with van der Waals surface area (Å²) in [6.07, 6.45) is 3.08. The molecule has 0 saturated heterocycles. The quantitative estimate of drug-likeness (QED) is 0.358. The zero-order chi connectivity index (χ0) is 19.3. The molecule has 0 aliphatic heterocycles. The van der Waals surface area contributed by atoms with E-state index in [4.69, 9.17) is 4.18 Å². The Morgan fingerprint density at radius 3 is 2.11 bits per heavy atom. The van der Waals surface area contributed by atoms with Crippen molar-refractivity contribution in [2.24, 2.45) is 0 Å². The first kappa shape index (κ1) is 18.5. The summed E-state index contributed by atoms with van der Waals surface area (Å²) in [5.74, 6) is -0.546. The summed E-state index contributed by atoms with van der Waals surface area (Å²) in [4.78, 5) is 11.9. The van der Waals surface area contributed by atoms with Gasteiger partial charge >= 0.3 is 10.1 Å². The van der Waals surface area contributed by atoms with E-state index in [9.17, 15) is 17.6 Å². The topological polar surface area (TPSA) is 60.4 Å². The van der Waals surface area contributed by atoms with Gasteiger partial charge in [0.2, 0.25) is 0 Å². The number of benzene rings is 3. The van der Waals surface area contributed by atoms with Crippen LogP contribution < -0.4 is 4.18 Å². The highest BCUT2D eigenvalue weighted by molar-refractivity contribution is 7.87. The van der Waals surface area contributed by atoms with Crippen molar-refractivity contribution < 1.29 is 21.8 Å². The minimum Gasteiger partial charge on any atom is -0.379 e. The largest absolute Gasteiger partial charge is 0.379 e. The Kier molecular flexibility index (Phi) is 5.47. The maximum absolute atomic E-state index is 12.9. The summed E-state index contributed by atoms with van der Waals surface area (Å²) in [6.45, 7) is 0. The molecule has 0 unspecified atom stereocenters. The molecular weight excluding hydrogens is 367 g/mol. The highest BCUT2D eigenvalue weighted by atomic mass is 32.2. The molecule has 3 aromatic carbocycles. The minimum atomic E-state index is -4.04. The van der Waals surface area contributed by atoms with E-state index in [1.54, 1.807) is 42.5 Å². The number of hydrogen-bond acceptors (Lipinski definition) is 4. The van der Waals surface area contributed by atoms with E-state index < -0.39 is 15.9 Å². The van der Waals surface area contributed by atoms with Crippen LogP contribution in [0.4, 0.5) is 4.39 Å². The predicted molar refractivity (Wildman–Crippen MR) is 100 cm³/mol. The van der Waals surface area contributed by atoms with Gasteiger partial charge in [0.05, 0.1) is 0 Å². The Morgan fingerprint density at radius 1 is 0.852 bits per heavy atom. The molecule has 0 N–H and O–H groups in total. The Balaban J connectivity index is 1.69. The van der Waals surface area contributed by atoms with E-state index in [1.165, 1.54) is 18.2 Å². The molecule has 4 nitrogen and oxygen atoms in total. The molecule has 0 atom stereocenters. The van der Waals surface area contributed by atoms with Gasteiger partial charge in [-0.1, -0.05) is 48.5 Å². The third-order valence-electron chi connectivity index (χ3n) is 3.67. The first-order valence-electron chi connectivity index (χ1n) is 8.02. The average Bonchev–Trinajstić information content (AvgIpc) is 2.68. The van der Waals surface area contributed by atoms with Gasteiger partial charge in [0.15, 0.2) is 5.78 Å². The van der Waals surface area contributed by atoms with Crippen LogP contribution in [0.5, 0.6) is 5.75 Å². The van der Waals surface area contributed by atoms with Crippen molar-refractivity contribution in [2.45, 2.75) is 4.90 Å². The lowest BCUT2D eigenvalue weighted by Crippen LogP contribution is -2.09. The van der Waals surface area contributed by atoms with Gasteiger partial charge in [-0.3, -0.25) is 4.79 Å². The van der Waals surface area contributed by atoms with E-state index in [1.807, 2.05) is 6.07 Å². The fourth-order valence-electron chi connectivity index (χ4n) is 2.28. The van der Waals surface area contributed by atoms with Gasteiger partial charge in [-0.25, -0.2) is 4.39 Å². The SMILES string of the molecule is O=C(/C=C/c1ccc(OS(=O)(=O)c2ccc(F)cc2)cc1)c1ccccc1. The molecule has 3 rings (SSSR count). The van der Waals surface area contributed by atoms with Crippen LogP contribution in [-0.4, -0.2) is 14.2 Å². The Morgan fingerprint density at radius 2 is 1.48 bits per heavy atom. The maximum Gasteiger partial charge on any atom is 0.339 e. The number of carbonyl (C=O) groups excluding carboxylic acids is 1. The molecule has 3 aromatic rings. The van der Waals surface area contributed by atoms with Gasteiger partial charge in [-0.05, 0) is 48.0 Å². The van der Waals surface area contributed by atoms with Crippen LogP contribution in [0.1, 0.15) is 15.9 Å². The van der Waals surface area contributed by atoms with Gasteiger partial charge in [0.25, 0.3) is 0 Å². The van der Waals surface area contributed by atoms with Crippen LogP contribution in [0.15, 0.2) is 89.8 Å². The van der Waals surface area contributed by atoms with Crippen LogP contribution in [0, 0.1) is 5.82 Å². The average molecular weight is 382 g/mol.